The van der Waals surface area contributed by atoms with Gasteiger partial charge in [0.05, 0.1) is 11.3 Å². The van der Waals surface area contributed by atoms with Crippen molar-refractivity contribution in [3.8, 4) is 22.6 Å². The quantitative estimate of drug-likeness (QED) is 0.451. The zero-order valence-corrected chi connectivity index (χ0v) is 15.7. The Balaban J connectivity index is 1.82. The Kier molecular flexibility index (Phi) is 3.61. The molecule has 0 bridgehead atoms. The maximum Gasteiger partial charge on any atom is 0.301 e. The van der Waals surface area contributed by atoms with Gasteiger partial charge in [0.2, 0.25) is 5.89 Å². The highest BCUT2D eigenvalue weighted by atomic mass is 16.3. The molecule has 0 unspecified atom stereocenters. The summed E-state index contributed by atoms with van der Waals surface area (Å²) in [5.41, 5.74) is 4.51. The highest BCUT2D eigenvalue weighted by Gasteiger charge is 2.23. The van der Waals surface area contributed by atoms with Gasteiger partial charge < -0.3 is 9.26 Å². The molecular formula is C22H15N5O2. The number of nitrogens with one attached hydrogen (secondary N) is 1. The van der Waals surface area contributed by atoms with Crippen molar-refractivity contribution in [1.82, 2.24) is 19.6 Å². The Hall–Kier alpha value is -4.18. The predicted molar refractivity (Wildman–Crippen MR) is 110 cm³/mol. The topological polar surface area (TPSA) is 80.5 Å². The number of rotatable bonds is 2. The number of aromatic amines is 1. The number of H-pyrrole nitrogens is 1. The van der Waals surface area contributed by atoms with Gasteiger partial charge in [0.15, 0.2) is 11.2 Å². The normalized spacial score (nSPS) is 11.2. The molecule has 0 saturated heterocycles. The fraction of sp³-hybridized carbons (Fsp3) is 0.0909. The molecule has 1 N–H and O–H groups in total. The molecule has 0 spiro atoms. The maximum absolute atomic E-state index is 13.3. The van der Waals surface area contributed by atoms with E-state index in [-0.39, 0.29) is 22.8 Å². The number of fused-ring (bicyclic) bond motifs is 2. The lowest BCUT2D eigenvalue weighted by molar-refractivity contribution is 0.616. The first-order chi connectivity index (χ1) is 14.1. The van der Waals surface area contributed by atoms with Crippen molar-refractivity contribution in [3.63, 3.8) is 0 Å². The van der Waals surface area contributed by atoms with Gasteiger partial charge in [-0.15, -0.1) is 4.52 Å². The summed E-state index contributed by atoms with van der Waals surface area (Å²) >= 11 is 0. The average Bonchev–Trinajstić information content (AvgIpc) is 3.31. The second-order valence-corrected chi connectivity index (χ2v) is 6.79. The number of aryl methyl sites for hydroxylation is 2. The van der Waals surface area contributed by atoms with Crippen molar-refractivity contribution in [2.45, 2.75) is 13.8 Å². The minimum Gasteiger partial charge on any atom is -0.436 e. The van der Waals surface area contributed by atoms with Crippen LogP contribution in [0.2, 0.25) is 0 Å². The molecule has 0 aliphatic heterocycles. The molecular weight excluding hydrogens is 366 g/mol. The molecule has 7 nitrogen and oxygen atoms in total. The Bertz CT molecular complexity index is 1500. The van der Waals surface area contributed by atoms with Crippen LogP contribution in [0.25, 0.3) is 44.2 Å². The molecule has 5 rings (SSSR count). The number of oxazole rings is 1. The molecule has 0 saturated carbocycles. The van der Waals surface area contributed by atoms with Crippen molar-refractivity contribution in [2.75, 3.05) is 0 Å². The summed E-state index contributed by atoms with van der Waals surface area (Å²) in [6.45, 7) is 11.2. The van der Waals surface area contributed by atoms with Crippen molar-refractivity contribution >= 4 is 22.6 Å². The van der Waals surface area contributed by atoms with Crippen LogP contribution >= 0.6 is 0 Å². The molecule has 140 valence electrons. The monoisotopic (exact) mass is 381 g/mol. The van der Waals surface area contributed by atoms with Crippen LogP contribution in [0.15, 0.2) is 57.7 Å². The lowest BCUT2D eigenvalue weighted by Gasteiger charge is -2.03. The third kappa shape index (κ3) is 2.47. The van der Waals surface area contributed by atoms with Gasteiger partial charge >= 0.3 is 5.56 Å². The van der Waals surface area contributed by atoms with Crippen LogP contribution in [0.1, 0.15) is 11.3 Å². The molecule has 7 heteroatoms. The Morgan fingerprint density at radius 2 is 1.83 bits per heavy atom. The fourth-order valence-electron chi connectivity index (χ4n) is 3.56. The van der Waals surface area contributed by atoms with Gasteiger partial charge in [-0.2, -0.15) is 0 Å². The zero-order valence-electron chi connectivity index (χ0n) is 15.7. The van der Waals surface area contributed by atoms with Gasteiger partial charge in [0.1, 0.15) is 11.1 Å². The smallest absolute Gasteiger partial charge is 0.301 e. The summed E-state index contributed by atoms with van der Waals surface area (Å²) in [6.07, 6.45) is 0. The van der Waals surface area contributed by atoms with E-state index in [2.05, 4.69) is 19.9 Å². The molecule has 3 heterocycles. The zero-order chi connectivity index (χ0) is 20.1. The summed E-state index contributed by atoms with van der Waals surface area (Å²) in [7, 11) is 0. The van der Waals surface area contributed by atoms with E-state index in [1.807, 2.05) is 55.5 Å². The van der Waals surface area contributed by atoms with Crippen molar-refractivity contribution in [2.24, 2.45) is 0 Å². The second kappa shape index (κ2) is 6.17. The largest absolute Gasteiger partial charge is 0.436 e. The molecule has 3 aromatic heterocycles. The van der Waals surface area contributed by atoms with Crippen LogP contribution in [0, 0.1) is 20.4 Å². The maximum atomic E-state index is 13.3. The molecule has 0 amide bonds. The van der Waals surface area contributed by atoms with E-state index in [0.29, 0.717) is 28.0 Å². The first-order valence-electron chi connectivity index (χ1n) is 9.03. The van der Waals surface area contributed by atoms with Crippen LogP contribution in [-0.2, 0) is 0 Å². The van der Waals surface area contributed by atoms with Gasteiger partial charge in [0.25, 0.3) is 5.82 Å². The highest BCUT2D eigenvalue weighted by Crippen LogP contribution is 2.33. The van der Waals surface area contributed by atoms with Crippen molar-refractivity contribution in [1.29, 1.82) is 0 Å². The van der Waals surface area contributed by atoms with Crippen LogP contribution in [0.5, 0.6) is 0 Å². The van der Waals surface area contributed by atoms with E-state index < -0.39 is 0 Å². The molecule has 0 fully saturated rings. The van der Waals surface area contributed by atoms with Crippen molar-refractivity contribution < 1.29 is 4.42 Å². The SMILES string of the molecule is [C-]#[N+]c1[nH]n2c(=O)c(-c3nc4c(C)cccc4o3)c(C)nc2c1-c1ccccc1. The molecule has 0 aliphatic rings. The van der Waals surface area contributed by atoms with E-state index in [4.69, 9.17) is 11.0 Å². The predicted octanol–water partition coefficient (Wildman–Crippen LogP) is 4.67. The first kappa shape index (κ1) is 17.0. The van der Waals surface area contributed by atoms with Gasteiger partial charge in [-0.3, -0.25) is 4.79 Å². The Labute approximate surface area is 165 Å². The molecule has 5 aromatic rings. The summed E-state index contributed by atoms with van der Waals surface area (Å²) in [6, 6.07) is 15.1. The summed E-state index contributed by atoms with van der Waals surface area (Å²) in [4.78, 5) is 26.0. The molecule has 0 aliphatic carbocycles. The van der Waals surface area contributed by atoms with Gasteiger partial charge in [-0.1, -0.05) is 49.0 Å². The third-order valence-electron chi connectivity index (χ3n) is 4.95. The number of aromatic nitrogens is 4. The van der Waals surface area contributed by atoms with Crippen LogP contribution < -0.4 is 5.56 Å². The molecule has 0 radical (unpaired) electrons. The van der Waals surface area contributed by atoms with Gasteiger partial charge in [-0.25, -0.2) is 15.1 Å². The average molecular weight is 381 g/mol. The number of nitrogens with zero attached hydrogens (tertiary/aromatic N) is 4. The lowest BCUT2D eigenvalue weighted by Crippen LogP contribution is -2.19. The summed E-state index contributed by atoms with van der Waals surface area (Å²) in [5, 5.41) is 2.88. The van der Waals surface area contributed by atoms with Crippen molar-refractivity contribution in [3.05, 3.63) is 81.6 Å². The summed E-state index contributed by atoms with van der Waals surface area (Å²) in [5.74, 6) is 0.477. The van der Waals surface area contributed by atoms with Crippen LogP contribution in [0.3, 0.4) is 0 Å². The Morgan fingerprint density at radius 3 is 2.55 bits per heavy atom. The van der Waals surface area contributed by atoms with Crippen LogP contribution in [0.4, 0.5) is 5.82 Å². The minimum absolute atomic E-state index is 0.221. The van der Waals surface area contributed by atoms with Gasteiger partial charge in [0, 0.05) is 0 Å². The van der Waals surface area contributed by atoms with E-state index in [9.17, 15) is 4.79 Å². The standard InChI is InChI=1S/C22H15N5O2/c1-12-8-7-11-15-18(12)25-21(29-15)16-13(2)24-20-17(14-9-5-4-6-10-14)19(23-3)26-27(20)22(16)28/h4-11,26H,1-2H3. The minimum atomic E-state index is -0.358. The lowest BCUT2D eigenvalue weighted by atomic mass is 10.1. The number of para-hydroxylation sites is 1. The van der Waals surface area contributed by atoms with E-state index >= 15 is 0 Å². The number of hydrogen-bond donors (Lipinski definition) is 1. The molecule has 0 atom stereocenters. The number of hydrogen-bond acceptors (Lipinski definition) is 4. The second-order valence-electron chi connectivity index (χ2n) is 6.79. The Morgan fingerprint density at radius 1 is 1.03 bits per heavy atom. The summed E-state index contributed by atoms with van der Waals surface area (Å²) < 4.78 is 7.15. The fourth-order valence-corrected chi connectivity index (χ4v) is 3.56. The van der Waals surface area contributed by atoms with E-state index in [0.717, 1.165) is 11.1 Å². The molecule has 29 heavy (non-hydrogen) atoms. The molecule has 2 aromatic carbocycles. The van der Waals surface area contributed by atoms with Gasteiger partial charge in [-0.05, 0) is 31.0 Å². The van der Waals surface area contributed by atoms with E-state index in [1.165, 1.54) is 4.52 Å². The van der Waals surface area contributed by atoms with E-state index in [1.54, 1.807) is 6.92 Å². The van der Waals surface area contributed by atoms with Crippen LogP contribution in [-0.4, -0.2) is 19.6 Å². The third-order valence-corrected chi connectivity index (χ3v) is 4.95. The number of benzene rings is 2. The highest BCUT2D eigenvalue weighted by molar-refractivity contribution is 5.88. The first-order valence-corrected chi connectivity index (χ1v) is 9.03.